The molecule has 4 aromatic rings. The van der Waals surface area contributed by atoms with E-state index in [-0.39, 0.29) is 51.6 Å². The minimum Gasteiger partial charge on any atom is -0.478 e. The van der Waals surface area contributed by atoms with Crippen LogP contribution in [0.2, 0.25) is 0 Å². The summed E-state index contributed by atoms with van der Waals surface area (Å²) in [6.07, 6.45) is -0.156. The van der Waals surface area contributed by atoms with E-state index in [4.69, 9.17) is 4.74 Å². The van der Waals surface area contributed by atoms with E-state index in [0.29, 0.717) is 5.56 Å². The molecule has 0 unspecified atom stereocenters. The van der Waals surface area contributed by atoms with Crippen molar-refractivity contribution in [2.45, 2.75) is 6.42 Å². The number of carboxylic acids is 2. The van der Waals surface area contributed by atoms with Crippen molar-refractivity contribution < 1.29 is 34.1 Å². The summed E-state index contributed by atoms with van der Waals surface area (Å²) in [4.78, 5) is 49.2. The Hall–Kier alpha value is -5.24. The first-order chi connectivity index (χ1) is 17.8. The van der Waals surface area contributed by atoms with Gasteiger partial charge in [0.25, 0.3) is 5.91 Å². The van der Waals surface area contributed by atoms with Crippen LogP contribution in [-0.4, -0.2) is 33.8 Å². The second-order valence-corrected chi connectivity index (χ2v) is 7.96. The number of aromatic carboxylic acids is 2. The topological polar surface area (TPSA) is 130 Å². The number of Topliss-reactive ketones (excluding diaryl/α,β-unsaturated/α-hetero) is 1. The molecule has 0 heterocycles. The molecule has 0 radical (unpaired) electrons. The summed E-state index contributed by atoms with van der Waals surface area (Å²) in [5.74, 6) is -2.93. The Morgan fingerprint density at radius 1 is 0.595 bits per heavy atom. The number of benzene rings is 4. The highest BCUT2D eigenvalue weighted by atomic mass is 16.5. The molecule has 0 saturated carbocycles. The Bertz CT molecular complexity index is 1400. The number of ketones is 1. The van der Waals surface area contributed by atoms with Crippen LogP contribution in [0.4, 0.5) is 5.69 Å². The van der Waals surface area contributed by atoms with Gasteiger partial charge in [0, 0.05) is 6.42 Å². The summed E-state index contributed by atoms with van der Waals surface area (Å²) in [6, 6.07) is 25.1. The molecule has 0 aliphatic carbocycles. The van der Waals surface area contributed by atoms with Gasteiger partial charge in [0.05, 0.1) is 27.9 Å². The molecule has 4 aromatic carbocycles. The molecular weight excluding hydrogens is 474 g/mol. The van der Waals surface area contributed by atoms with Gasteiger partial charge >= 0.3 is 11.9 Å². The Morgan fingerprint density at radius 3 is 1.73 bits per heavy atom. The maximum atomic E-state index is 13.2. The smallest absolute Gasteiger partial charge is 0.337 e. The lowest BCUT2D eigenvalue weighted by Gasteiger charge is -2.15. The van der Waals surface area contributed by atoms with Crippen molar-refractivity contribution in [1.29, 1.82) is 0 Å². The van der Waals surface area contributed by atoms with E-state index in [1.165, 1.54) is 24.3 Å². The van der Waals surface area contributed by atoms with Gasteiger partial charge < -0.3 is 20.3 Å². The quantitative estimate of drug-likeness (QED) is 0.259. The summed E-state index contributed by atoms with van der Waals surface area (Å²) in [5, 5.41) is 21.4. The lowest BCUT2D eigenvalue weighted by molar-refractivity contribution is 0.0685. The predicted molar refractivity (Wildman–Crippen MR) is 136 cm³/mol. The van der Waals surface area contributed by atoms with Crippen molar-refractivity contribution in [1.82, 2.24) is 0 Å². The number of carbonyl (C=O) groups excluding carboxylic acids is 2. The lowest BCUT2D eigenvalue weighted by atomic mass is 9.98. The monoisotopic (exact) mass is 495 g/mol. The van der Waals surface area contributed by atoms with Crippen molar-refractivity contribution in [3.63, 3.8) is 0 Å². The van der Waals surface area contributed by atoms with Crippen LogP contribution in [0.5, 0.6) is 11.5 Å². The first-order valence-corrected chi connectivity index (χ1v) is 11.2. The summed E-state index contributed by atoms with van der Waals surface area (Å²) in [5.41, 5.74) is 0.814. The summed E-state index contributed by atoms with van der Waals surface area (Å²) in [6.45, 7) is 0. The van der Waals surface area contributed by atoms with Crippen LogP contribution in [0, 0.1) is 0 Å². The highest BCUT2D eigenvalue weighted by Crippen LogP contribution is 2.30. The zero-order valence-corrected chi connectivity index (χ0v) is 19.4. The van der Waals surface area contributed by atoms with Gasteiger partial charge in [0.2, 0.25) is 0 Å². The molecule has 184 valence electrons. The third-order valence-corrected chi connectivity index (χ3v) is 5.54. The number of hydrogen-bond acceptors (Lipinski definition) is 5. The third kappa shape index (κ3) is 5.71. The molecule has 37 heavy (non-hydrogen) atoms. The number of amides is 1. The first-order valence-electron chi connectivity index (χ1n) is 11.2. The lowest BCUT2D eigenvalue weighted by Crippen LogP contribution is -2.16. The molecule has 0 aliphatic rings. The number of ether oxygens (including phenoxy) is 1. The number of nitrogens with one attached hydrogen (secondary N) is 1. The minimum atomic E-state index is -1.18. The largest absolute Gasteiger partial charge is 0.478 e. The SMILES string of the molecule is O=C(O)c1ccccc1CC(=O)c1ccccc1Oc1ccccc1C(=O)Nc1ccccc1C(=O)O. The molecule has 0 aromatic heterocycles. The van der Waals surface area contributed by atoms with Crippen LogP contribution in [0.3, 0.4) is 0 Å². The molecule has 8 nitrogen and oxygen atoms in total. The molecule has 0 spiro atoms. The fourth-order valence-corrected chi connectivity index (χ4v) is 3.77. The molecule has 1 amide bonds. The number of hydrogen-bond donors (Lipinski definition) is 3. The molecule has 8 heteroatoms. The Kier molecular flexibility index (Phi) is 7.40. The van der Waals surface area contributed by atoms with Crippen LogP contribution in [0.15, 0.2) is 97.1 Å². The Balaban J connectivity index is 1.61. The third-order valence-electron chi connectivity index (χ3n) is 5.54. The van der Waals surface area contributed by atoms with E-state index in [1.807, 2.05) is 0 Å². The molecule has 0 atom stereocenters. The molecule has 0 fully saturated rings. The summed E-state index contributed by atoms with van der Waals surface area (Å²) >= 11 is 0. The average Bonchev–Trinajstić information content (AvgIpc) is 2.89. The Morgan fingerprint density at radius 2 is 1.08 bits per heavy atom. The van der Waals surface area contributed by atoms with Crippen LogP contribution in [-0.2, 0) is 6.42 Å². The van der Waals surface area contributed by atoms with Crippen LogP contribution >= 0.6 is 0 Å². The average molecular weight is 495 g/mol. The zero-order valence-electron chi connectivity index (χ0n) is 19.4. The summed E-state index contributed by atoms with van der Waals surface area (Å²) in [7, 11) is 0. The number of para-hydroxylation sites is 3. The highest BCUT2D eigenvalue weighted by molar-refractivity contribution is 6.09. The van der Waals surface area contributed by atoms with E-state index in [1.54, 1.807) is 72.8 Å². The number of rotatable bonds is 9. The molecule has 4 rings (SSSR count). The normalized spacial score (nSPS) is 10.4. The van der Waals surface area contributed by atoms with E-state index in [9.17, 15) is 29.4 Å². The van der Waals surface area contributed by atoms with Gasteiger partial charge in [-0.05, 0) is 48.0 Å². The van der Waals surface area contributed by atoms with Crippen LogP contribution in [0.25, 0.3) is 0 Å². The Labute approximate surface area is 211 Å². The molecular formula is C29H21NO7. The van der Waals surface area contributed by atoms with Gasteiger partial charge in [0.1, 0.15) is 11.5 Å². The van der Waals surface area contributed by atoms with Crippen molar-refractivity contribution in [3.8, 4) is 11.5 Å². The van der Waals surface area contributed by atoms with E-state index in [0.717, 1.165) is 0 Å². The molecule has 0 saturated heterocycles. The fraction of sp³-hybridized carbons (Fsp3) is 0.0345. The van der Waals surface area contributed by atoms with E-state index in [2.05, 4.69) is 5.32 Å². The van der Waals surface area contributed by atoms with E-state index >= 15 is 0 Å². The van der Waals surface area contributed by atoms with Gasteiger partial charge in [-0.2, -0.15) is 0 Å². The van der Waals surface area contributed by atoms with Crippen LogP contribution < -0.4 is 10.1 Å². The fourth-order valence-electron chi connectivity index (χ4n) is 3.77. The van der Waals surface area contributed by atoms with Gasteiger partial charge in [-0.1, -0.05) is 54.6 Å². The standard InChI is InChI=1S/C29H21NO7/c31-24(17-18-9-1-2-10-19(18)28(33)34)21-12-4-7-15-25(21)37-26-16-8-5-13-22(26)27(32)30-23-14-6-3-11-20(23)29(35)36/h1-16H,17H2,(H,30,32)(H,33,34)(H,35,36). The van der Waals surface area contributed by atoms with Crippen molar-refractivity contribution in [2.24, 2.45) is 0 Å². The van der Waals surface area contributed by atoms with Crippen molar-refractivity contribution in [3.05, 3.63) is 125 Å². The van der Waals surface area contributed by atoms with Crippen LogP contribution in [0.1, 0.15) is 47.0 Å². The van der Waals surface area contributed by atoms with Crippen molar-refractivity contribution >= 4 is 29.3 Å². The number of carbonyl (C=O) groups is 4. The van der Waals surface area contributed by atoms with Gasteiger partial charge in [-0.3, -0.25) is 9.59 Å². The molecule has 0 bridgehead atoms. The molecule has 0 aliphatic heterocycles. The second-order valence-electron chi connectivity index (χ2n) is 7.96. The first kappa shape index (κ1) is 24.9. The second kappa shape index (κ2) is 11.0. The maximum absolute atomic E-state index is 13.2. The maximum Gasteiger partial charge on any atom is 0.337 e. The highest BCUT2D eigenvalue weighted by Gasteiger charge is 2.20. The zero-order chi connectivity index (χ0) is 26.4. The molecule has 3 N–H and O–H groups in total. The number of carboxylic acid groups (broad SMARTS) is 2. The van der Waals surface area contributed by atoms with E-state index < -0.39 is 17.8 Å². The van der Waals surface area contributed by atoms with Gasteiger partial charge in [-0.25, -0.2) is 9.59 Å². The number of anilines is 1. The minimum absolute atomic E-state index is 0.0397. The van der Waals surface area contributed by atoms with Gasteiger partial charge in [0.15, 0.2) is 5.78 Å². The predicted octanol–water partition coefficient (Wildman–Crippen LogP) is 5.55. The van der Waals surface area contributed by atoms with Crippen molar-refractivity contribution in [2.75, 3.05) is 5.32 Å². The van der Waals surface area contributed by atoms with Gasteiger partial charge in [-0.15, -0.1) is 0 Å². The summed E-state index contributed by atoms with van der Waals surface area (Å²) < 4.78 is 6.00.